The molecule has 2 N–H and O–H groups in total. The molecule has 1 aromatic heterocycles. The van der Waals surface area contributed by atoms with Crippen LogP contribution in [-0.2, 0) is 16.0 Å². The summed E-state index contributed by atoms with van der Waals surface area (Å²) in [7, 11) is 0. The number of carboxylic acids is 1. The van der Waals surface area contributed by atoms with Gasteiger partial charge in [-0.15, -0.1) is 11.3 Å². The zero-order chi connectivity index (χ0) is 15.5. The average Bonchev–Trinajstić information content (AvgIpc) is 2.81. The van der Waals surface area contributed by atoms with Gasteiger partial charge < -0.3 is 15.2 Å². The van der Waals surface area contributed by atoms with E-state index in [9.17, 15) is 14.7 Å². The first-order valence-electron chi connectivity index (χ1n) is 7.08. The highest BCUT2D eigenvalue weighted by molar-refractivity contribution is 7.13. The molecular formula is C14H20N2O4S. The van der Waals surface area contributed by atoms with E-state index in [4.69, 9.17) is 4.74 Å². The van der Waals surface area contributed by atoms with Gasteiger partial charge in [-0.1, -0.05) is 6.92 Å². The molecule has 0 unspecified atom stereocenters. The largest absolute Gasteiger partial charge is 0.480 e. The number of amides is 1. The Labute approximate surface area is 127 Å². The highest BCUT2D eigenvalue weighted by Crippen LogP contribution is 2.24. The number of nitrogens with zero attached hydrogens (tertiary/aromatic N) is 1. The maximum Gasteiger partial charge on any atom is 0.329 e. The van der Waals surface area contributed by atoms with Gasteiger partial charge in [-0.3, -0.25) is 4.79 Å². The van der Waals surface area contributed by atoms with E-state index in [0.29, 0.717) is 23.8 Å². The Morgan fingerprint density at radius 2 is 2.10 bits per heavy atom. The lowest BCUT2D eigenvalue weighted by Crippen LogP contribution is -2.57. The summed E-state index contributed by atoms with van der Waals surface area (Å²) in [4.78, 5) is 28.8. The summed E-state index contributed by atoms with van der Waals surface area (Å²) in [5, 5.41) is 13.1. The van der Waals surface area contributed by atoms with E-state index in [1.165, 1.54) is 11.3 Å². The Hall–Kier alpha value is -1.47. The van der Waals surface area contributed by atoms with Gasteiger partial charge in [0.25, 0.3) is 5.91 Å². The number of thiazole rings is 1. The normalized spacial score (nSPS) is 17.4. The van der Waals surface area contributed by atoms with Crippen molar-refractivity contribution in [1.82, 2.24) is 10.3 Å². The number of hydrogen-bond acceptors (Lipinski definition) is 5. The molecule has 116 valence electrons. The van der Waals surface area contributed by atoms with E-state index >= 15 is 0 Å². The smallest absolute Gasteiger partial charge is 0.329 e. The van der Waals surface area contributed by atoms with Crippen molar-refractivity contribution in [3.8, 4) is 0 Å². The zero-order valence-electron chi connectivity index (χ0n) is 12.3. The maximum absolute atomic E-state index is 12.4. The second-order valence-electron chi connectivity index (χ2n) is 5.23. The van der Waals surface area contributed by atoms with Gasteiger partial charge in [-0.25, -0.2) is 9.78 Å². The molecule has 7 heteroatoms. The molecule has 0 aromatic carbocycles. The van der Waals surface area contributed by atoms with Gasteiger partial charge in [0.15, 0.2) is 0 Å². The van der Waals surface area contributed by atoms with E-state index in [-0.39, 0.29) is 18.7 Å². The molecule has 2 heterocycles. The third kappa shape index (κ3) is 3.41. The lowest BCUT2D eigenvalue weighted by molar-refractivity contribution is -0.148. The number of aryl methyl sites for hydroxylation is 2. The first-order valence-corrected chi connectivity index (χ1v) is 7.90. The standard InChI is InChI=1S/C14H20N2O4S/c1-3-4-10-15-9(2)11(21-10)12(17)16-14(13(18)19)5-7-20-8-6-14/h3-8H2,1-2H3,(H,16,17)(H,18,19). The molecule has 1 fully saturated rings. The molecule has 1 aromatic rings. The predicted octanol–water partition coefficient (Wildman–Crippen LogP) is 1.77. The first-order chi connectivity index (χ1) is 9.98. The molecule has 6 nitrogen and oxygen atoms in total. The Kier molecular flexibility index (Phi) is 4.95. The molecule has 0 atom stereocenters. The van der Waals surface area contributed by atoms with Gasteiger partial charge in [0.05, 0.1) is 10.7 Å². The van der Waals surface area contributed by atoms with Crippen LogP contribution < -0.4 is 5.32 Å². The van der Waals surface area contributed by atoms with Gasteiger partial charge in [0, 0.05) is 26.1 Å². The van der Waals surface area contributed by atoms with Gasteiger partial charge in [0.1, 0.15) is 10.4 Å². The average molecular weight is 312 g/mol. The fraction of sp³-hybridized carbons (Fsp3) is 0.643. The number of hydrogen-bond donors (Lipinski definition) is 2. The summed E-state index contributed by atoms with van der Waals surface area (Å²) in [6.07, 6.45) is 2.36. The van der Waals surface area contributed by atoms with Crippen molar-refractivity contribution in [2.75, 3.05) is 13.2 Å². The topological polar surface area (TPSA) is 88.5 Å². The minimum atomic E-state index is -1.23. The van der Waals surface area contributed by atoms with E-state index in [1.807, 2.05) is 0 Å². The molecule has 21 heavy (non-hydrogen) atoms. The number of carbonyl (C=O) groups is 2. The number of carboxylic acid groups (broad SMARTS) is 1. The highest BCUT2D eigenvalue weighted by atomic mass is 32.1. The third-order valence-corrected chi connectivity index (χ3v) is 4.84. The van der Waals surface area contributed by atoms with Gasteiger partial charge >= 0.3 is 5.97 Å². The van der Waals surface area contributed by atoms with Crippen LogP contribution in [0.1, 0.15) is 46.6 Å². The minimum Gasteiger partial charge on any atom is -0.480 e. The molecule has 1 aliphatic rings. The van der Waals surface area contributed by atoms with Crippen molar-refractivity contribution >= 4 is 23.2 Å². The van der Waals surface area contributed by atoms with E-state index in [1.54, 1.807) is 6.92 Å². The van der Waals surface area contributed by atoms with Crippen molar-refractivity contribution in [2.45, 2.75) is 45.1 Å². The summed E-state index contributed by atoms with van der Waals surface area (Å²) >= 11 is 1.34. The molecule has 1 saturated heterocycles. The second kappa shape index (κ2) is 6.53. The number of carbonyl (C=O) groups excluding carboxylic acids is 1. The van der Waals surface area contributed by atoms with Crippen LogP contribution in [0.2, 0.25) is 0 Å². The zero-order valence-corrected chi connectivity index (χ0v) is 13.1. The molecule has 1 amide bonds. The summed E-state index contributed by atoms with van der Waals surface area (Å²) in [5.41, 5.74) is -0.565. The Morgan fingerprint density at radius 1 is 1.43 bits per heavy atom. The van der Waals surface area contributed by atoms with Crippen LogP contribution in [0.4, 0.5) is 0 Å². The number of aromatic nitrogens is 1. The Bertz CT molecular complexity index is 535. The molecule has 0 aliphatic carbocycles. The van der Waals surface area contributed by atoms with Crippen molar-refractivity contribution < 1.29 is 19.4 Å². The van der Waals surface area contributed by atoms with E-state index in [2.05, 4.69) is 17.2 Å². The number of rotatable bonds is 5. The predicted molar refractivity (Wildman–Crippen MR) is 78.7 cm³/mol. The van der Waals surface area contributed by atoms with Crippen LogP contribution in [0.15, 0.2) is 0 Å². The van der Waals surface area contributed by atoms with Crippen LogP contribution in [0, 0.1) is 6.92 Å². The highest BCUT2D eigenvalue weighted by Gasteiger charge is 2.42. The third-order valence-electron chi connectivity index (χ3n) is 3.62. The first kappa shape index (κ1) is 15.9. The van der Waals surface area contributed by atoms with Crippen LogP contribution in [-0.4, -0.2) is 40.7 Å². The maximum atomic E-state index is 12.4. The lowest BCUT2D eigenvalue weighted by Gasteiger charge is -2.33. The second-order valence-corrected chi connectivity index (χ2v) is 6.31. The minimum absolute atomic E-state index is 0.285. The Balaban J connectivity index is 2.17. The fourth-order valence-corrected chi connectivity index (χ4v) is 3.43. The Morgan fingerprint density at radius 3 is 2.67 bits per heavy atom. The SMILES string of the molecule is CCCc1nc(C)c(C(=O)NC2(C(=O)O)CCOCC2)s1. The van der Waals surface area contributed by atoms with Crippen LogP contribution in [0.25, 0.3) is 0 Å². The van der Waals surface area contributed by atoms with Gasteiger partial charge in [-0.05, 0) is 19.8 Å². The fourth-order valence-electron chi connectivity index (χ4n) is 2.37. The molecule has 0 bridgehead atoms. The molecule has 2 rings (SSSR count). The lowest BCUT2D eigenvalue weighted by atomic mass is 9.90. The number of aliphatic carboxylic acids is 1. The van der Waals surface area contributed by atoms with Crippen LogP contribution >= 0.6 is 11.3 Å². The molecular weight excluding hydrogens is 292 g/mol. The molecule has 1 aliphatic heterocycles. The van der Waals surface area contributed by atoms with Crippen LogP contribution in [0.3, 0.4) is 0 Å². The van der Waals surface area contributed by atoms with Crippen molar-refractivity contribution in [1.29, 1.82) is 0 Å². The van der Waals surface area contributed by atoms with E-state index in [0.717, 1.165) is 17.8 Å². The number of nitrogens with one attached hydrogen (secondary N) is 1. The molecule has 0 saturated carbocycles. The van der Waals surface area contributed by atoms with E-state index < -0.39 is 11.5 Å². The van der Waals surface area contributed by atoms with Crippen molar-refractivity contribution in [3.05, 3.63) is 15.6 Å². The van der Waals surface area contributed by atoms with Crippen molar-refractivity contribution in [2.24, 2.45) is 0 Å². The summed E-state index contributed by atoms with van der Waals surface area (Å²) in [5.74, 6) is -1.35. The molecule has 0 radical (unpaired) electrons. The summed E-state index contributed by atoms with van der Waals surface area (Å²) in [6, 6.07) is 0. The van der Waals surface area contributed by atoms with Gasteiger partial charge in [0.2, 0.25) is 0 Å². The quantitative estimate of drug-likeness (QED) is 0.865. The van der Waals surface area contributed by atoms with Crippen molar-refractivity contribution in [3.63, 3.8) is 0 Å². The monoisotopic (exact) mass is 312 g/mol. The van der Waals surface area contributed by atoms with Gasteiger partial charge in [-0.2, -0.15) is 0 Å². The summed E-state index contributed by atoms with van der Waals surface area (Å²) < 4.78 is 5.20. The molecule has 0 spiro atoms. The van der Waals surface area contributed by atoms with Crippen LogP contribution in [0.5, 0.6) is 0 Å². The number of ether oxygens (including phenoxy) is 1. The summed E-state index contributed by atoms with van der Waals surface area (Å²) in [6.45, 7) is 4.52.